The van der Waals surface area contributed by atoms with Crippen LogP contribution in [0.15, 0.2) is 10.6 Å². The fourth-order valence-electron chi connectivity index (χ4n) is 2.67. The van der Waals surface area contributed by atoms with Gasteiger partial charge in [-0.15, -0.1) is 0 Å². The van der Waals surface area contributed by atoms with Crippen LogP contribution in [0.25, 0.3) is 0 Å². The second-order valence-electron chi connectivity index (χ2n) is 6.63. The molecule has 0 bridgehead atoms. The van der Waals surface area contributed by atoms with Crippen LogP contribution in [-0.4, -0.2) is 55.5 Å². The van der Waals surface area contributed by atoms with Gasteiger partial charge in [-0.2, -0.15) is 0 Å². The van der Waals surface area contributed by atoms with Crippen molar-refractivity contribution in [3.63, 3.8) is 0 Å². The maximum absolute atomic E-state index is 12.0. The molecule has 1 fully saturated rings. The molecule has 1 amide bonds. The van der Waals surface area contributed by atoms with Crippen molar-refractivity contribution >= 4 is 15.7 Å². The summed E-state index contributed by atoms with van der Waals surface area (Å²) in [6.07, 6.45) is 1.43. The molecule has 1 aromatic rings. The van der Waals surface area contributed by atoms with Gasteiger partial charge in [-0.25, -0.2) is 8.42 Å². The number of rotatable bonds is 7. The molecule has 0 aromatic carbocycles. The summed E-state index contributed by atoms with van der Waals surface area (Å²) in [5.41, 5.74) is 0.887. The molecule has 7 nitrogen and oxygen atoms in total. The molecule has 1 N–H and O–H groups in total. The van der Waals surface area contributed by atoms with Crippen molar-refractivity contribution < 1.29 is 17.7 Å². The van der Waals surface area contributed by atoms with Gasteiger partial charge in [0.05, 0.1) is 30.3 Å². The minimum Gasteiger partial charge on any atom is -0.359 e. The second-order valence-corrected chi connectivity index (χ2v) is 8.86. The van der Waals surface area contributed by atoms with E-state index < -0.39 is 9.84 Å². The van der Waals surface area contributed by atoms with Gasteiger partial charge in [0.25, 0.3) is 0 Å². The van der Waals surface area contributed by atoms with E-state index in [4.69, 9.17) is 4.52 Å². The third kappa shape index (κ3) is 5.62. The first-order valence-electron chi connectivity index (χ1n) is 7.87. The Kier molecular flexibility index (Phi) is 5.80. The monoisotopic (exact) mass is 343 g/mol. The minimum atomic E-state index is -2.94. The van der Waals surface area contributed by atoms with Crippen LogP contribution in [0.3, 0.4) is 0 Å². The van der Waals surface area contributed by atoms with E-state index in [1.807, 2.05) is 6.07 Å². The SMILES string of the molecule is CC(C)Cc1cc(CNC(=O)CN(C)[C@@H]2CCS(=O)(=O)C2)on1. The molecule has 1 aliphatic rings. The lowest BCUT2D eigenvalue weighted by Crippen LogP contribution is -2.40. The molecular formula is C15H25N3O4S. The Bertz CT molecular complexity index is 639. The first-order chi connectivity index (χ1) is 10.7. The van der Waals surface area contributed by atoms with E-state index in [-0.39, 0.29) is 30.0 Å². The smallest absolute Gasteiger partial charge is 0.234 e. The van der Waals surface area contributed by atoms with E-state index in [1.165, 1.54) is 0 Å². The number of carbonyl (C=O) groups is 1. The summed E-state index contributed by atoms with van der Waals surface area (Å²) >= 11 is 0. The van der Waals surface area contributed by atoms with Crippen LogP contribution in [0.5, 0.6) is 0 Å². The Morgan fingerprint density at radius 3 is 2.87 bits per heavy atom. The molecule has 1 saturated heterocycles. The fraction of sp³-hybridized carbons (Fsp3) is 0.733. The van der Waals surface area contributed by atoms with Gasteiger partial charge in [-0.05, 0) is 25.8 Å². The van der Waals surface area contributed by atoms with Gasteiger partial charge in [0.2, 0.25) is 5.91 Å². The summed E-state index contributed by atoms with van der Waals surface area (Å²) in [7, 11) is -1.16. The highest BCUT2D eigenvalue weighted by atomic mass is 32.2. The van der Waals surface area contributed by atoms with Gasteiger partial charge in [0.1, 0.15) is 0 Å². The lowest BCUT2D eigenvalue weighted by Gasteiger charge is -2.22. The summed E-state index contributed by atoms with van der Waals surface area (Å²) in [6.45, 7) is 4.68. The number of aromatic nitrogens is 1. The van der Waals surface area contributed by atoms with Gasteiger partial charge < -0.3 is 9.84 Å². The Labute approximate surface area is 137 Å². The van der Waals surface area contributed by atoms with Crippen molar-refractivity contribution in [1.29, 1.82) is 0 Å². The van der Waals surface area contributed by atoms with Crippen LogP contribution < -0.4 is 5.32 Å². The highest BCUT2D eigenvalue weighted by Crippen LogP contribution is 2.16. The maximum atomic E-state index is 12.0. The summed E-state index contributed by atoms with van der Waals surface area (Å²) in [6, 6.07) is 1.78. The summed E-state index contributed by atoms with van der Waals surface area (Å²) in [5.74, 6) is 1.31. The molecule has 2 heterocycles. The number of carbonyl (C=O) groups excluding carboxylic acids is 1. The Morgan fingerprint density at radius 2 is 2.26 bits per heavy atom. The van der Waals surface area contributed by atoms with E-state index in [2.05, 4.69) is 24.3 Å². The molecule has 0 spiro atoms. The van der Waals surface area contributed by atoms with E-state index >= 15 is 0 Å². The van der Waals surface area contributed by atoms with E-state index in [9.17, 15) is 13.2 Å². The van der Waals surface area contributed by atoms with E-state index in [0.29, 0.717) is 24.6 Å². The Morgan fingerprint density at radius 1 is 1.52 bits per heavy atom. The number of amides is 1. The highest BCUT2D eigenvalue weighted by molar-refractivity contribution is 7.91. The largest absolute Gasteiger partial charge is 0.359 e. The molecule has 0 unspecified atom stereocenters. The lowest BCUT2D eigenvalue weighted by molar-refractivity contribution is -0.122. The number of nitrogens with zero attached hydrogens (tertiary/aromatic N) is 2. The average Bonchev–Trinajstić information content (AvgIpc) is 3.02. The van der Waals surface area contributed by atoms with Crippen LogP contribution in [0.1, 0.15) is 31.7 Å². The van der Waals surface area contributed by atoms with Crippen molar-refractivity contribution in [3.8, 4) is 0 Å². The molecule has 1 aliphatic heterocycles. The zero-order valence-corrected chi connectivity index (χ0v) is 14.7. The summed E-state index contributed by atoms with van der Waals surface area (Å²) < 4.78 is 28.1. The molecule has 8 heteroatoms. The topological polar surface area (TPSA) is 92.5 Å². The number of hydrogen-bond donors (Lipinski definition) is 1. The van der Waals surface area contributed by atoms with Crippen LogP contribution in [-0.2, 0) is 27.6 Å². The van der Waals surface area contributed by atoms with Gasteiger partial charge in [0.15, 0.2) is 15.6 Å². The molecule has 1 aromatic heterocycles. The Hall–Kier alpha value is -1.41. The van der Waals surface area contributed by atoms with Gasteiger partial charge >= 0.3 is 0 Å². The number of nitrogens with one attached hydrogen (secondary N) is 1. The molecular weight excluding hydrogens is 318 g/mol. The average molecular weight is 343 g/mol. The molecule has 130 valence electrons. The third-order valence-corrected chi connectivity index (χ3v) is 5.66. The van der Waals surface area contributed by atoms with Crippen molar-refractivity contribution in [1.82, 2.24) is 15.4 Å². The number of sulfone groups is 1. The third-order valence-electron chi connectivity index (χ3n) is 3.91. The first kappa shape index (κ1) is 17.9. The number of hydrogen-bond acceptors (Lipinski definition) is 6. The fourth-order valence-corrected chi connectivity index (χ4v) is 4.48. The van der Waals surface area contributed by atoms with Crippen LogP contribution >= 0.6 is 0 Å². The molecule has 23 heavy (non-hydrogen) atoms. The van der Waals surface area contributed by atoms with Crippen LogP contribution in [0.4, 0.5) is 0 Å². The van der Waals surface area contributed by atoms with Gasteiger partial charge in [-0.3, -0.25) is 9.69 Å². The minimum absolute atomic E-state index is 0.0753. The van der Waals surface area contributed by atoms with Gasteiger partial charge in [0, 0.05) is 12.1 Å². The van der Waals surface area contributed by atoms with Crippen molar-refractivity contribution in [2.45, 2.75) is 39.3 Å². The standard InChI is InChI=1S/C15H25N3O4S/c1-11(2)6-12-7-14(22-17-12)8-16-15(19)9-18(3)13-4-5-23(20,21)10-13/h7,11,13H,4-6,8-10H2,1-3H3,(H,16,19)/t13-/m1/s1. The number of likely N-dealkylation sites (N-methyl/N-ethyl adjacent to an activating group) is 1. The Balaban J connectivity index is 1.75. The van der Waals surface area contributed by atoms with E-state index in [1.54, 1.807) is 11.9 Å². The van der Waals surface area contributed by atoms with Crippen molar-refractivity contribution in [3.05, 3.63) is 17.5 Å². The zero-order valence-electron chi connectivity index (χ0n) is 13.9. The lowest BCUT2D eigenvalue weighted by atomic mass is 10.1. The second kappa shape index (κ2) is 7.44. The van der Waals surface area contributed by atoms with Crippen LogP contribution in [0.2, 0.25) is 0 Å². The predicted molar refractivity (Wildman–Crippen MR) is 86.6 cm³/mol. The van der Waals surface area contributed by atoms with Crippen molar-refractivity contribution in [2.24, 2.45) is 5.92 Å². The molecule has 0 radical (unpaired) electrons. The zero-order chi connectivity index (χ0) is 17.0. The van der Waals surface area contributed by atoms with Gasteiger partial charge in [-0.1, -0.05) is 19.0 Å². The van der Waals surface area contributed by atoms with Crippen LogP contribution in [0, 0.1) is 5.92 Å². The molecule has 2 rings (SSSR count). The maximum Gasteiger partial charge on any atom is 0.234 e. The first-order valence-corrected chi connectivity index (χ1v) is 9.69. The normalized spacial score (nSPS) is 20.3. The molecule has 0 saturated carbocycles. The predicted octanol–water partition coefficient (Wildman–Crippen LogP) is 0.608. The van der Waals surface area contributed by atoms with Crippen molar-refractivity contribution in [2.75, 3.05) is 25.1 Å². The highest BCUT2D eigenvalue weighted by Gasteiger charge is 2.31. The summed E-state index contributed by atoms with van der Waals surface area (Å²) in [4.78, 5) is 13.8. The van der Waals surface area contributed by atoms with E-state index in [0.717, 1.165) is 12.1 Å². The molecule has 0 aliphatic carbocycles. The molecule has 1 atom stereocenters. The summed E-state index contributed by atoms with van der Waals surface area (Å²) in [5, 5.41) is 6.75. The quantitative estimate of drug-likeness (QED) is 0.780.